The van der Waals surface area contributed by atoms with Crippen molar-refractivity contribution in [3.8, 4) is 5.75 Å². The lowest BCUT2D eigenvalue weighted by Gasteiger charge is -2.29. The fraction of sp³-hybridized carbons (Fsp3) is 0.333. The molecular weight excluding hydrogens is 482 g/mol. The van der Waals surface area contributed by atoms with E-state index in [-0.39, 0.29) is 5.91 Å². The Morgan fingerprint density at radius 2 is 1.97 bits per heavy atom. The van der Waals surface area contributed by atoms with Crippen LogP contribution in [0.15, 0.2) is 48.5 Å². The highest BCUT2D eigenvalue weighted by molar-refractivity contribution is 7.23. The highest BCUT2D eigenvalue weighted by atomic mass is 35.5. The van der Waals surface area contributed by atoms with E-state index in [1.54, 1.807) is 4.90 Å². The number of ether oxygens (including phenoxy) is 2. The van der Waals surface area contributed by atoms with Crippen molar-refractivity contribution in [3.63, 3.8) is 0 Å². The Hall–Kier alpha value is -2.71. The zero-order chi connectivity index (χ0) is 24.4. The smallest absolute Gasteiger partial charge is 0.264 e. The predicted octanol–water partition coefficient (Wildman–Crippen LogP) is 5.79. The first-order valence-electron chi connectivity index (χ1n) is 11.9. The fourth-order valence-corrected chi connectivity index (χ4v) is 5.78. The summed E-state index contributed by atoms with van der Waals surface area (Å²) < 4.78 is 12.3. The van der Waals surface area contributed by atoms with E-state index in [9.17, 15) is 4.79 Å². The van der Waals surface area contributed by atoms with Crippen LogP contribution in [0.4, 0.5) is 5.13 Å². The molecule has 5 rings (SSSR count). The summed E-state index contributed by atoms with van der Waals surface area (Å²) in [5.41, 5.74) is 2.44. The molecule has 1 aromatic heterocycles. The van der Waals surface area contributed by atoms with Crippen LogP contribution in [0.3, 0.4) is 0 Å². The van der Waals surface area contributed by atoms with Gasteiger partial charge in [0.1, 0.15) is 5.75 Å². The van der Waals surface area contributed by atoms with E-state index in [0.717, 1.165) is 46.2 Å². The van der Waals surface area contributed by atoms with Crippen molar-refractivity contribution in [1.29, 1.82) is 0 Å². The van der Waals surface area contributed by atoms with Crippen LogP contribution in [0.2, 0.25) is 5.02 Å². The number of morpholine rings is 1. The number of anilines is 1. The van der Waals surface area contributed by atoms with Crippen molar-refractivity contribution >= 4 is 55.0 Å². The van der Waals surface area contributed by atoms with E-state index >= 15 is 0 Å². The van der Waals surface area contributed by atoms with Crippen LogP contribution in [-0.4, -0.2) is 61.8 Å². The molecule has 0 aliphatic carbocycles. The molecule has 0 bridgehead atoms. The Bertz CT molecular complexity index is 1330. The number of carbonyl (C=O) groups is 1. The SMILES string of the molecule is CCOc1ccc2ccccc2c1C(=O)N(CCN1CCOCC1)c1nc2c(C)ccc(Cl)c2s1. The lowest BCUT2D eigenvalue weighted by atomic mass is 10.0. The Kier molecular flexibility index (Phi) is 7.20. The topological polar surface area (TPSA) is 54.9 Å². The molecule has 1 amide bonds. The second kappa shape index (κ2) is 10.5. The molecule has 3 aromatic carbocycles. The number of benzene rings is 3. The molecule has 0 spiro atoms. The second-order valence-corrected chi connectivity index (χ2v) is 9.93. The Morgan fingerprint density at radius 3 is 2.74 bits per heavy atom. The van der Waals surface area contributed by atoms with E-state index in [2.05, 4.69) is 4.90 Å². The van der Waals surface area contributed by atoms with Crippen LogP contribution >= 0.6 is 22.9 Å². The molecule has 1 aliphatic rings. The summed E-state index contributed by atoms with van der Waals surface area (Å²) in [6.07, 6.45) is 0. The van der Waals surface area contributed by atoms with Gasteiger partial charge in [-0.05, 0) is 42.3 Å². The molecule has 0 atom stereocenters. The number of carbonyl (C=O) groups excluding carboxylic acids is 1. The lowest BCUT2D eigenvalue weighted by molar-refractivity contribution is 0.0391. The van der Waals surface area contributed by atoms with Crippen molar-refractivity contribution in [3.05, 3.63) is 64.7 Å². The average Bonchev–Trinajstić information content (AvgIpc) is 3.33. The van der Waals surface area contributed by atoms with Gasteiger partial charge >= 0.3 is 0 Å². The molecule has 6 nitrogen and oxygen atoms in total. The van der Waals surface area contributed by atoms with Gasteiger partial charge in [0.15, 0.2) is 5.13 Å². The molecule has 0 radical (unpaired) electrons. The van der Waals surface area contributed by atoms with Gasteiger partial charge in [-0.2, -0.15) is 0 Å². The van der Waals surface area contributed by atoms with E-state index in [4.69, 9.17) is 26.1 Å². The molecule has 35 heavy (non-hydrogen) atoms. The summed E-state index contributed by atoms with van der Waals surface area (Å²) in [7, 11) is 0. The number of rotatable bonds is 7. The maximum atomic E-state index is 14.3. The van der Waals surface area contributed by atoms with Gasteiger partial charge in [-0.15, -0.1) is 0 Å². The van der Waals surface area contributed by atoms with E-state index in [0.29, 0.717) is 47.8 Å². The quantitative estimate of drug-likeness (QED) is 0.315. The standard InChI is InChI=1S/C27H28ClN3O3S/c1-3-34-22-11-9-19-6-4-5-7-20(19)23(22)26(32)31(13-12-30-14-16-33-17-15-30)27-29-24-18(2)8-10-21(28)25(24)35-27/h4-11H,3,12-17H2,1-2H3. The van der Waals surface area contributed by atoms with Gasteiger partial charge in [-0.25, -0.2) is 4.98 Å². The third-order valence-electron chi connectivity index (χ3n) is 6.31. The van der Waals surface area contributed by atoms with E-state index in [1.165, 1.54) is 11.3 Å². The van der Waals surface area contributed by atoms with Crippen molar-refractivity contribution in [2.75, 3.05) is 50.9 Å². The van der Waals surface area contributed by atoms with Crippen molar-refractivity contribution in [2.24, 2.45) is 0 Å². The zero-order valence-electron chi connectivity index (χ0n) is 19.9. The van der Waals surface area contributed by atoms with Gasteiger partial charge in [0.2, 0.25) is 0 Å². The molecule has 8 heteroatoms. The summed E-state index contributed by atoms with van der Waals surface area (Å²) in [6.45, 7) is 8.77. The molecule has 182 valence electrons. The van der Waals surface area contributed by atoms with Gasteiger partial charge < -0.3 is 9.47 Å². The summed E-state index contributed by atoms with van der Waals surface area (Å²) in [4.78, 5) is 23.3. The van der Waals surface area contributed by atoms with Crippen LogP contribution in [-0.2, 0) is 4.74 Å². The minimum Gasteiger partial charge on any atom is -0.493 e. The summed E-state index contributed by atoms with van der Waals surface area (Å²) in [6, 6.07) is 15.7. The van der Waals surface area contributed by atoms with Crippen LogP contribution in [0.1, 0.15) is 22.8 Å². The van der Waals surface area contributed by atoms with E-state index < -0.39 is 0 Å². The number of halogens is 1. The highest BCUT2D eigenvalue weighted by Crippen LogP contribution is 2.37. The maximum absolute atomic E-state index is 14.3. The number of hydrogen-bond acceptors (Lipinski definition) is 6. The molecule has 0 unspecified atom stereocenters. The summed E-state index contributed by atoms with van der Waals surface area (Å²) >= 11 is 7.97. The Morgan fingerprint density at radius 1 is 1.17 bits per heavy atom. The van der Waals surface area contributed by atoms with Gasteiger partial charge in [0.25, 0.3) is 5.91 Å². The first-order valence-corrected chi connectivity index (χ1v) is 13.1. The van der Waals surface area contributed by atoms with Crippen LogP contribution in [0.5, 0.6) is 5.75 Å². The summed E-state index contributed by atoms with van der Waals surface area (Å²) in [5.74, 6) is 0.467. The molecule has 1 fully saturated rings. The Labute approximate surface area is 214 Å². The minimum absolute atomic E-state index is 0.119. The largest absolute Gasteiger partial charge is 0.493 e. The number of aryl methyl sites for hydroxylation is 1. The van der Waals surface area contributed by atoms with Gasteiger partial charge in [0, 0.05) is 26.2 Å². The molecule has 2 heterocycles. The first kappa shape index (κ1) is 24.0. The number of amides is 1. The second-order valence-electron chi connectivity index (χ2n) is 8.54. The number of nitrogens with zero attached hydrogens (tertiary/aromatic N) is 3. The molecule has 0 N–H and O–H groups in total. The summed E-state index contributed by atoms with van der Waals surface area (Å²) in [5, 5.41) is 3.16. The van der Waals surface area contributed by atoms with Crippen molar-refractivity contribution in [1.82, 2.24) is 9.88 Å². The third kappa shape index (κ3) is 4.86. The zero-order valence-corrected chi connectivity index (χ0v) is 21.5. The number of hydrogen-bond donors (Lipinski definition) is 0. The lowest BCUT2D eigenvalue weighted by Crippen LogP contribution is -2.43. The molecular formula is C27H28ClN3O3S. The van der Waals surface area contributed by atoms with Gasteiger partial charge in [-0.1, -0.05) is 59.3 Å². The number of fused-ring (bicyclic) bond motifs is 2. The molecule has 4 aromatic rings. The molecule has 1 saturated heterocycles. The Balaban J connectivity index is 1.60. The van der Waals surface area contributed by atoms with Crippen molar-refractivity contribution < 1.29 is 14.3 Å². The first-order chi connectivity index (χ1) is 17.1. The predicted molar refractivity (Wildman–Crippen MR) is 143 cm³/mol. The number of thiazole rings is 1. The van der Waals surface area contributed by atoms with Crippen LogP contribution in [0.25, 0.3) is 21.0 Å². The average molecular weight is 510 g/mol. The van der Waals surface area contributed by atoms with Crippen molar-refractivity contribution in [2.45, 2.75) is 13.8 Å². The number of aromatic nitrogens is 1. The van der Waals surface area contributed by atoms with Gasteiger partial charge in [0.05, 0.1) is 40.6 Å². The van der Waals surface area contributed by atoms with Gasteiger partial charge in [-0.3, -0.25) is 14.6 Å². The highest BCUT2D eigenvalue weighted by Gasteiger charge is 2.27. The van der Waals surface area contributed by atoms with Crippen LogP contribution in [0, 0.1) is 6.92 Å². The van der Waals surface area contributed by atoms with Crippen LogP contribution < -0.4 is 9.64 Å². The molecule has 0 saturated carbocycles. The molecule has 1 aliphatic heterocycles. The minimum atomic E-state index is -0.119. The fourth-order valence-electron chi connectivity index (χ4n) is 4.44. The normalized spacial score (nSPS) is 14.5. The monoisotopic (exact) mass is 509 g/mol. The third-order valence-corrected chi connectivity index (χ3v) is 7.85. The van der Waals surface area contributed by atoms with E-state index in [1.807, 2.05) is 62.4 Å². The maximum Gasteiger partial charge on any atom is 0.264 e.